The monoisotopic (exact) mass is 306 g/mol. The van der Waals surface area contributed by atoms with Crippen molar-refractivity contribution in [3.05, 3.63) is 34.9 Å². The van der Waals surface area contributed by atoms with Crippen LogP contribution in [0, 0.1) is 0 Å². The van der Waals surface area contributed by atoms with Gasteiger partial charge < -0.3 is 15.8 Å². The summed E-state index contributed by atoms with van der Waals surface area (Å²) in [5.41, 5.74) is 6.24. The standard InChI is InChI=1S/C13H19ClN2O2.ClH/c1-13(2,3)18-12(17)16-8-11(15)9-6-4-5-7-10(9)14;/h4-7,11H,8,15H2,1-3H3,(H,16,17);1H. The summed E-state index contributed by atoms with van der Waals surface area (Å²) in [6.45, 7) is 5.69. The van der Waals surface area contributed by atoms with E-state index in [0.717, 1.165) is 5.56 Å². The Hall–Kier alpha value is -0.970. The van der Waals surface area contributed by atoms with Crippen LogP contribution in [0.4, 0.5) is 4.79 Å². The molecule has 6 heteroatoms. The Balaban J connectivity index is 0.00000324. The van der Waals surface area contributed by atoms with Crippen molar-refractivity contribution in [1.82, 2.24) is 5.32 Å². The van der Waals surface area contributed by atoms with Crippen molar-refractivity contribution in [1.29, 1.82) is 0 Å². The number of ether oxygens (including phenoxy) is 1. The zero-order chi connectivity index (χ0) is 13.8. The first kappa shape index (κ1) is 18.0. The van der Waals surface area contributed by atoms with Crippen LogP contribution in [0.1, 0.15) is 32.4 Å². The van der Waals surface area contributed by atoms with Gasteiger partial charge in [0.05, 0.1) is 0 Å². The Morgan fingerprint density at radius 1 is 1.42 bits per heavy atom. The highest BCUT2D eigenvalue weighted by Gasteiger charge is 2.17. The summed E-state index contributed by atoms with van der Waals surface area (Å²) in [5, 5.41) is 3.21. The summed E-state index contributed by atoms with van der Waals surface area (Å²) < 4.78 is 5.12. The number of nitrogens with one attached hydrogen (secondary N) is 1. The average molecular weight is 307 g/mol. The summed E-state index contributed by atoms with van der Waals surface area (Å²) in [4.78, 5) is 11.5. The quantitative estimate of drug-likeness (QED) is 0.900. The van der Waals surface area contributed by atoms with E-state index < -0.39 is 11.7 Å². The zero-order valence-corrected chi connectivity index (χ0v) is 12.8. The number of carbonyl (C=O) groups is 1. The van der Waals surface area contributed by atoms with Crippen molar-refractivity contribution in [3.8, 4) is 0 Å². The minimum atomic E-state index is -0.515. The molecular formula is C13H20Cl2N2O2. The first-order chi connectivity index (χ1) is 8.29. The van der Waals surface area contributed by atoms with Crippen LogP contribution in [-0.4, -0.2) is 18.2 Å². The van der Waals surface area contributed by atoms with E-state index in [-0.39, 0.29) is 25.0 Å². The summed E-state index contributed by atoms with van der Waals surface area (Å²) in [6, 6.07) is 6.94. The molecule has 1 aromatic carbocycles. The van der Waals surface area contributed by atoms with Crippen molar-refractivity contribution in [2.24, 2.45) is 5.73 Å². The first-order valence-electron chi connectivity index (χ1n) is 5.76. The van der Waals surface area contributed by atoms with Gasteiger partial charge >= 0.3 is 6.09 Å². The SMILES string of the molecule is CC(C)(C)OC(=O)NCC(N)c1ccccc1Cl.Cl. The maximum atomic E-state index is 11.5. The molecule has 1 amide bonds. The number of hydrogen-bond donors (Lipinski definition) is 2. The lowest BCUT2D eigenvalue weighted by Gasteiger charge is -2.21. The Labute approximate surface area is 125 Å². The molecule has 0 spiro atoms. The normalized spacial score (nSPS) is 12.3. The second-order valence-corrected chi connectivity index (χ2v) is 5.42. The molecule has 3 N–H and O–H groups in total. The lowest BCUT2D eigenvalue weighted by atomic mass is 10.1. The number of amides is 1. The Morgan fingerprint density at radius 3 is 2.53 bits per heavy atom. The second-order valence-electron chi connectivity index (χ2n) is 5.01. The number of carbonyl (C=O) groups excluding carboxylic acids is 1. The Morgan fingerprint density at radius 2 is 2.00 bits per heavy atom. The number of rotatable bonds is 3. The summed E-state index contributed by atoms with van der Waals surface area (Å²) in [7, 11) is 0. The van der Waals surface area contributed by atoms with Crippen LogP contribution in [-0.2, 0) is 4.74 Å². The summed E-state index contributed by atoms with van der Waals surface area (Å²) in [6.07, 6.45) is -0.481. The van der Waals surface area contributed by atoms with Gasteiger partial charge in [0.15, 0.2) is 0 Å². The van der Waals surface area contributed by atoms with Crippen LogP contribution in [0.15, 0.2) is 24.3 Å². The molecule has 4 nitrogen and oxygen atoms in total. The van der Waals surface area contributed by atoms with E-state index >= 15 is 0 Å². The van der Waals surface area contributed by atoms with Crippen molar-refractivity contribution >= 4 is 30.1 Å². The smallest absolute Gasteiger partial charge is 0.407 e. The highest BCUT2D eigenvalue weighted by molar-refractivity contribution is 6.31. The fraction of sp³-hybridized carbons (Fsp3) is 0.462. The molecule has 0 heterocycles. The molecule has 1 unspecified atom stereocenters. The van der Waals surface area contributed by atoms with Crippen molar-refractivity contribution < 1.29 is 9.53 Å². The molecule has 0 aromatic heterocycles. The molecule has 1 rings (SSSR count). The van der Waals surface area contributed by atoms with E-state index in [9.17, 15) is 4.79 Å². The largest absolute Gasteiger partial charge is 0.444 e. The average Bonchev–Trinajstić information content (AvgIpc) is 2.24. The van der Waals surface area contributed by atoms with Gasteiger partial charge in [-0.3, -0.25) is 0 Å². The number of nitrogens with two attached hydrogens (primary N) is 1. The highest BCUT2D eigenvalue weighted by Crippen LogP contribution is 2.20. The zero-order valence-electron chi connectivity index (χ0n) is 11.3. The third-order valence-electron chi connectivity index (χ3n) is 2.17. The molecule has 0 radical (unpaired) electrons. The molecule has 108 valence electrons. The van der Waals surface area contributed by atoms with E-state index in [1.54, 1.807) is 26.8 Å². The summed E-state index contributed by atoms with van der Waals surface area (Å²) in [5.74, 6) is 0. The van der Waals surface area contributed by atoms with E-state index in [0.29, 0.717) is 5.02 Å². The molecule has 0 fully saturated rings. The Bertz CT molecular complexity index is 419. The molecular weight excluding hydrogens is 287 g/mol. The molecule has 0 bridgehead atoms. The van der Waals surface area contributed by atoms with Gasteiger partial charge in [-0.2, -0.15) is 0 Å². The third kappa shape index (κ3) is 6.66. The van der Waals surface area contributed by atoms with Gasteiger partial charge in [0, 0.05) is 17.6 Å². The van der Waals surface area contributed by atoms with Crippen molar-refractivity contribution in [2.45, 2.75) is 32.4 Å². The molecule has 1 atom stereocenters. The van der Waals surface area contributed by atoms with Crippen LogP contribution < -0.4 is 11.1 Å². The molecule has 19 heavy (non-hydrogen) atoms. The number of alkyl carbamates (subject to hydrolysis) is 1. The predicted octanol–water partition coefficient (Wildman–Crippen LogP) is 3.29. The maximum Gasteiger partial charge on any atom is 0.407 e. The lowest BCUT2D eigenvalue weighted by molar-refractivity contribution is 0.0524. The molecule has 1 aromatic rings. The van der Waals surface area contributed by atoms with E-state index in [4.69, 9.17) is 22.1 Å². The lowest BCUT2D eigenvalue weighted by Crippen LogP contribution is -2.36. The molecule has 0 aliphatic heterocycles. The highest BCUT2D eigenvalue weighted by atomic mass is 35.5. The number of hydrogen-bond acceptors (Lipinski definition) is 3. The second kappa shape index (κ2) is 7.58. The minimum Gasteiger partial charge on any atom is -0.444 e. The number of halogens is 2. The fourth-order valence-electron chi connectivity index (χ4n) is 1.39. The van der Waals surface area contributed by atoms with Crippen LogP contribution in [0.2, 0.25) is 5.02 Å². The molecule has 0 aliphatic carbocycles. The van der Waals surface area contributed by atoms with Crippen LogP contribution in [0.5, 0.6) is 0 Å². The third-order valence-corrected chi connectivity index (χ3v) is 2.51. The summed E-state index contributed by atoms with van der Waals surface area (Å²) >= 11 is 6.02. The first-order valence-corrected chi connectivity index (χ1v) is 6.14. The van der Waals surface area contributed by atoms with Gasteiger partial charge in [0.25, 0.3) is 0 Å². The van der Waals surface area contributed by atoms with E-state index in [2.05, 4.69) is 5.32 Å². The van der Waals surface area contributed by atoms with Gasteiger partial charge in [-0.1, -0.05) is 29.8 Å². The van der Waals surface area contributed by atoms with E-state index in [1.165, 1.54) is 0 Å². The van der Waals surface area contributed by atoms with Crippen LogP contribution in [0.3, 0.4) is 0 Å². The molecule has 0 saturated carbocycles. The van der Waals surface area contributed by atoms with Gasteiger partial charge in [0.2, 0.25) is 0 Å². The fourth-order valence-corrected chi connectivity index (χ4v) is 1.67. The molecule has 0 aliphatic rings. The maximum absolute atomic E-state index is 11.5. The van der Waals surface area contributed by atoms with Crippen molar-refractivity contribution in [3.63, 3.8) is 0 Å². The van der Waals surface area contributed by atoms with Gasteiger partial charge in [0.1, 0.15) is 5.60 Å². The van der Waals surface area contributed by atoms with E-state index in [1.807, 2.05) is 18.2 Å². The van der Waals surface area contributed by atoms with Crippen LogP contribution >= 0.6 is 24.0 Å². The van der Waals surface area contributed by atoms with Crippen molar-refractivity contribution in [2.75, 3.05) is 6.54 Å². The van der Waals surface area contributed by atoms with Gasteiger partial charge in [-0.15, -0.1) is 12.4 Å². The van der Waals surface area contributed by atoms with Gasteiger partial charge in [-0.05, 0) is 32.4 Å². The number of benzene rings is 1. The minimum absolute atomic E-state index is 0. The molecule has 0 saturated heterocycles. The topological polar surface area (TPSA) is 64.3 Å². The predicted molar refractivity (Wildman–Crippen MR) is 79.9 cm³/mol. The van der Waals surface area contributed by atoms with Crippen LogP contribution in [0.25, 0.3) is 0 Å². The van der Waals surface area contributed by atoms with Gasteiger partial charge in [-0.25, -0.2) is 4.79 Å². The Kier molecular flexibility index (Phi) is 7.19.